The molecule has 25 heavy (non-hydrogen) atoms. The number of urea groups is 1. The summed E-state index contributed by atoms with van der Waals surface area (Å²) in [4.78, 5) is 35.7. The molecule has 0 atom stereocenters. The number of esters is 1. The van der Waals surface area contributed by atoms with E-state index in [2.05, 4.69) is 22.8 Å². The van der Waals surface area contributed by atoms with Crippen LogP contribution in [0.4, 0.5) is 4.79 Å². The second-order valence-corrected chi connectivity index (χ2v) is 6.94. The first-order valence-electron chi connectivity index (χ1n) is 8.56. The summed E-state index contributed by atoms with van der Waals surface area (Å²) in [5.41, 5.74) is 2.74. The highest BCUT2D eigenvalue weighted by molar-refractivity contribution is 8.00. The van der Waals surface area contributed by atoms with E-state index in [1.807, 2.05) is 13.0 Å². The highest BCUT2D eigenvalue weighted by atomic mass is 32.2. The average molecular weight is 364 g/mol. The lowest BCUT2D eigenvalue weighted by atomic mass is 10.1. The first kappa shape index (κ1) is 19.3. The molecule has 0 aliphatic heterocycles. The maximum atomic E-state index is 11.7. The molecule has 3 amide bonds. The molecular weight excluding hydrogens is 340 g/mol. The lowest BCUT2D eigenvalue weighted by molar-refractivity contribution is -0.145. The maximum Gasteiger partial charge on any atom is 0.321 e. The number of thioether (sulfide) groups is 1. The van der Waals surface area contributed by atoms with E-state index in [4.69, 9.17) is 4.74 Å². The van der Waals surface area contributed by atoms with Crippen molar-refractivity contribution in [1.29, 1.82) is 0 Å². The largest absolute Gasteiger partial charge is 0.455 e. The minimum absolute atomic E-state index is 0.134. The number of fused-ring (bicyclic) bond motifs is 1. The first-order chi connectivity index (χ1) is 12.1. The fraction of sp³-hybridized carbons (Fsp3) is 0.500. The number of hydrogen-bond acceptors (Lipinski definition) is 5. The third-order valence-corrected chi connectivity index (χ3v) is 4.83. The molecule has 136 valence electrons. The van der Waals surface area contributed by atoms with Gasteiger partial charge in [-0.05, 0) is 48.9 Å². The number of carbonyl (C=O) groups is 3. The van der Waals surface area contributed by atoms with Gasteiger partial charge in [0.15, 0.2) is 6.61 Å². The molecular formula is C18H24N2O4S. The van der Waals surface area contributed by atoms with Gasteiger partial charge in [-0.3, -0.25) is 14.9 Å². The Labute approximate surface area is 152 Å². The van der Waals surface area contributed by atoms with Gasteiger partial charge < -0.3 is 10.1 Å². The van der Waals surface area contributed by atoms with Crippen LogP contribution in [0, 0.1) is 0 Å². The molecule has 0 bridgehead atoms. The van der Waals surface area contributed by atoms with E-state index < -0.39 is 24.5 Å². The number of aryl methyl sites for hydroxylation is 2. The summed E-state index contributed by atoms with van der Waals surface area (Å²) >= 11 is 1.39. The lowest BCUT2D eigenvalue weighted by Crippen LogP contribution is -2.41. The van der Waals surface area contributed by atoms with Crippen LogP contribution in [0.3, 0.4) is 0 Å². The van der Waals surface area contributed by atoms with Gasteiger partial charge in [0.2, 0.25) is 0 Å². The van der Waals surface area contributed by atoms with Crippen molar-refractivity contribution in [1.82, 2.24) is 10.6 Å². The van der Waals surface area contributed by atoms with Crippen LogP contribution in [0.25, 0.3) is 0 Å². The van der Waals surface area contributed by atoms with E-state index in [0.29, 0.717) is 6.54 Å². The van der Waals surface area contributed by atoms with Crippen LogP contribution >= 0.6 is 11.8 Å². The Morgan fingerprint density at radius 2 is 2.00 bits per heavy atom. The Morgan fingerprint density at radius 3 is 2.80 bits per heavy atom. The number of carbonyl (C=O) groups excluding carboxylic acids is 3. The molecule has 0 aromatic heterocycles. The Bertz CT molecular complexity index is 634. The SMILES string of the molecule is CCCCNC(=O)NC(=O)COC(=O)CSc1ccc2c(c1)CCC2. The molecule has 0 spiro atoms. The van der Waals surface area contributed by atoms with Crippen molar-refractivity contribution < 1.29 is 19.1 Å². The molecule has 6 nitrogen and oxygen atoms in total. The van der Waals surface area contributed by atoms with Crippen molar-refractivity contribution in [2.45, 2.75) is 43.9 Å². The summed E-state index contributed by atoms with van der Waals surface area (Å²) in [5, 5.41) is 4.68. The molecule has 0 unspecified atom stereocenters. The quantitative estimate of drug-likeness (QED) is 0.420. The topological polar surface area (TPSA) is 84.5 Å². The number of benzene rings is 1. The lowest BCUT2D eigenvalue weighted by Gasteiger charge is -2.07. The van der Waals surface area contributed by atoms with Crippen LogP contribution in [0.1, 0.15) is 37.3 Å². The fourth-order valence-corrected chi connectivity index (χ4v) is 3.31. The standard InChI is InChI=1S/C18H24N2O4S/c1-2-3-9-19-18(23)20-16(21)11-24-17(22)12-25-15-8-7-13-5-4-6-14(13)10-15/h7-8,10H,2-6,9,11-12H2,1H3,(H2,19,20,21,23). The molecule has 0 saturated heterocycles. The third-order valence-electron chi connectivity index (χ3n) is 3.86. The minimum atomic E-state index is -0.634. The van der Waals surface area contributed by atoms with Crippen LogP contribution < -0.4 is 10.6 Å². The van der Waals surface area contributed by atoms with Crippen molar-refractivity contribution in [2.75, 3.05) is 18.9 Å². The maximum absolute atomic E-state index is 11.7. The van der Waals surface area contributed by atoms with Crippen LogP contribution in [0.5, 0.6) is 0 Å². The Morgan fingerprint density at radius 1 is 1.20 bits per heavy atom. The van der Waals surface area contributed by atoms with Crippen LogP contribution in [0.15, 0.2) is 23.1 Å². The zero-order valence-electron chi connectivity index (χ0n) is 14.4. The van der Waals surface area contributed by atoms with Gasteiger partial charge in [0.1, 0.15) is 0 Å². The molecule has 0 heterocycles. The summed E-state index contributed by atoms with van der Waals surface area (Å²) in [6, 6.07) is 5.67. The predicted octanol–water partition coefficient (Wildman–Crippen LogP) is 2.44. The molecule has 2 rings (SSSR count). The monoisotopic (exact) mass is 364 g/mol. The summed E-state index contributed by atoms with van der Waals surface area (Å²) in [5.74, 6) is -0.980. The van der Waals surface area contributed by atoms with Crippen LogP contribution in [-0.4, -0.2) is 36.8 Å². The van der Waals surface area contributed by atoms with E-state index in [1.165, 1.54) is 29.3 Å². The summed E-state index contributed by atoms with van der Waals surface area (Å²) in [7, 11) is 0. The summed E-state index contributed by atoms with van der Waals surface area (Å²) in [6.07, 6.45) is 5.20. The zero-order valence-corrected chi connectivity index (χ0v) is 15.2. The number of amides is 3. The van der Waals surface area contributed by atoms with Crippen molar-refractivity contribution in [3.8, 4) is 0 Å². The van der Waals surface area contributed by atoms with Crippen LogP contribution in [0.2, 0.25) is 0 Å². The van der Waals surface area contributed by atoms with Gasteiger partial charge in [0, 0.05) is 11.4 Å². The molecule has 0 radical (unpaired) electrons. The smallest absolute Gasteiger partial charge is 0.321 e. The Kier molecular flexibility index (Phi) is 7.78. The first-order valence-corrected chi connectivity index (χ1v) is 9.55. The van der Waals surface area contributed by atoms with Crippen molar-refractivity contribution >= 4 is 29.7 Å². The summed E-state index contributed by atoms with van der Waals surface area (Å²) < 4.78 is 4.89. The number of imide groups is 1. The Balaban J connectivity index is 1.63. The van der Waals surface area contributed by atoms with Crippen molar-refractivity contribution in [3.63, 3.8) is 0 Å². The number of ether oxygens (including phenoxy) is 1. The number of unbranched alkanes of at least 4 members (excludes halogenated alkanes) is 1. The third kappa shape index (κ3) is 6.78. The van der Waals surface area contributed by atoms with Crippen LogP contribution in [-0.2, 0) is 27.2 Å². The van der Waals surface area contributed by atoms with Gasteiger partial charge in [-0.1, -0.05) is 19.4 Å². The molecule has 1 aliphatic carbocycles. The van der Waals surface area contributed by atoms with Gasteiger partial charge in [-0.25, -0.2) is 4.79 Å². The predicted molar refractivity (Wildman–Crippen MR) is 96.6 cm³/mol. The van der Waals surface area contributed by atoms with Gasteiger partial charge >= 0.3 is 12.0 Å². The highest BCUT2D eigenvalue weighted by Crippen LogP contribution is 2.27. The second-order valence-electron chi connectivity index (χ2n) is 5.89. The van der Waals surface area contributed by atoms with Gasteiger partial charge in [0.05, 0.1) is 5.75 Å². The highest BCUT2D eigenvalue weighted by Gasteiger charge is 2.13. The van der Waals surface area contributed by atoms with Crippen molar-refractivity contribution in [2.24, 2.45) is 0 Å². The molecule has 0 fully saturated rings. The number of hydrogen-bond donors (Lipinski definition) is 2. The van der Waals surface area contributed by atoms with E-state index in [1.54, 1.807) is 0 Å². The molecule has 7 heteroatoms. The van der Waals surface area contributed by atoms with E-state index in [0.717, 1.165) is 30.6 Å². The molecule has 2 N–H and O–H groups in total. The van der Waals surface area contributed by atoms with Crippen molar-refractivity contribution in [3.05, 3.63) is 29.3 Å². The van der Waals surface area contributed by atoms with E-state index in [-0.39, 0.29) is 5.75 Å². The molecule has 0 saturated carbocycles. The minimum Gasteiger partial charge on any atom is -0.455 e. The number of rotatable bonds is 8. The molecule has 1 aliphatic rings. The van der Waals surface area contributed by atoms with Gasteiger partial charge in [0.25, 0.3) is 5.91 Å². The number of nitrogens with one attached hydrogen (secondary N) is 2. The zero-order chi connectivity index (χ0) is 18.1. The van der Waals surface area contributed by atoms with E-state index in [9.17, 15) is 14.4 Å². The normalized spacial score (nSPS) is 12.4. The molecule has 1 aromatic rings. The van der Waals surface area contributed by atoms with E-state index >= 15 is 0 Å². The molecule has 1 aromatic carbocycles. The van der Waals surface area contributed by atoms with Gasteiger partial charge in [-0.2, -0.15) is 0 Å². The second kappa shape index (κ2) is 10.1. The fourth-order valence-electron chi connectivity index (χ4n) is 2.55. The van der Waals surface area contributed by atoms with Gasteiger partial charge in [-0.15, -0.1) is 11.8 Å². The Hall–Kier alpha value is -2.02. The summed E-state index contributed by atoms with van der Waals surface area (Å²) in [6.45, 7) is 2.06. The average Bonchev–Trinajstić information content (AvgIpc) is 3.06.